The number of hydrogen-bond donors (Lipinski definition) is 1. The first-order valence-electron chi connectivity index (χ1n) is 7.34. The van der Waals surface area contributed by atoms with Gasteiger partial charge in [-0.1, -0.05) is 31.9 Å². The number of carbonyl (C=O) groups excluding carboxylic acids is 2. The molecule has 2 aromatic carbocycles. The highest BCUT2D eigenvalue weighted by molar-refractivity contribution is 9.10. The Bertz CT molecular complexity index is 841. The number of ether oxygens (including phenoxy) is 2. The Labute approximate surface area is 161 Å². The number of carbonyl (C=O) groups is 2. The Balaban J connectivity index is 1.80. The van der Waals surface area contributed by atoms with Gasteiger partial charge in [-0.15, -0.1) is 0 Å². The molecule has 1 N–H and O–H groups in total. The highest BCUT2D eigenvalue weighted by Crippen LogP contribution is 2.34. The second kappa shape index (κ2) is 7.45. The zero-order chi connectivity index (χ0) is 18.0. The fraction of sp³-hybridized carbons (Fsp3) is 0.176. The maximum atomic E-state index is 12.5. The number of anilines is 2. The summed E-state index contributed by atoms with van der Waals surface area (Å²) < 4.78 is 12.3. The first-order chi connectivity index (χ1) is 12.0. The Morgan fingerprint density at radius 3 is 2.72 bits per heavy atom. The van der Waals surface area contributed by atoms with E-state index in [1.807, 2.05) is 6.07 Å². The summed E-state index contributed by atoms with van der Waals surface area (Å²) in [6.07, 6.45) is 0. The number of nitrogens with one attached hydrogen (secondary N) is 1. The first kappa shape index (κ1) is 17.8. The van der Waals surface area contributed by atoms with E-state index in [2.05, 4.69) is 37.2 Å². The van der Waals surface area contributed by atoms with Crippen LogP contribution >= 0.6 is 31.9 Å². The molecule has 0 saturated heterocycles. The van der Waals surface area contributed by atoms with Gasteiger partial charge in [0.25, 0.3) is 5.91 Å². The van der Waals surface area contributed by atoms with Crippen molar-refractivity contribution in [2.75, 3.05) is 30.5 Å². The van der Waals surface area contributed by atoms with E-state index in [0.29, 0.717) is 22.9 Å². The van der Waals surface area contributed by atoms with Crippen LogP contribution in [0.15, 0.2) is 45.3 Å². The van der Waals surface area contributed by atoms with Crippen molar-refractivity contribution < 1.29 is 19.1 Å². The van der Waals surface area contributed by atoms with Crippen LogP contribution in [-0.4, -0.2) is 32.1 Å². The van der Waals surface area contributed by atoms with Gasteiger partial charge in [0.2, 0.25) is 5.91 Å². The molecule has 1 aliphatic heterocycles. The fourth-order valence-electron chi connectivity index (χ4n) is 2.46. The van der Waals surface area contributed by atoms with Crippen LogP contribution in [0.3, 0.4) is 0 Å². The molecule has 0 saturated carbocycles. The molecule has 130 valence electrons. The third kappa shape index (κ3) is 3.96. The molecule has 2 amide bonds. The molecule has 1 aliphatic rings. The average Bonchev–Trinajstić information content (AvgIpc) is 2.57. The maximum Gasteiger partial charge on any atom is 0.265 e. The van der Waals surface area contributed by atoms with Gasteiger partial charge in [0.1, 0.15) is 18.0 Å². The molecule has 0 bridgehead atoms. The van der Waals surface area contributed by atoms with Gasteiger partial charge < -0.3 is 14.8 Å². The van der Waals surface area contributed by atoms with E-state index < -0.39 is 0 Å². The van der Waals surface area contributed by atoms with Crippen molar-refractivity contribution in [1.29, 1.82) is 0 Å². The number of nitrogens with zero attached hydrogens (tertiary/aromatic N) is 1. The third-order valence-corrected chi connectivity index (χ3v) is 4.59. The summed E-state index contributed by atoms with van der Waals surface area (Å²) in [5, 5.41) is 2.77. The molecule has 0 aromatic heterocycles. The van der Waals surface area contributed by atoms with Crippen LogP contribution in [0.2, 0.25) is 0 Å². The molecule has 2 aromatic rings. The van der Waals surface area contributed by atoms with E-state index in [1.165, 1.54) is 12.0 Å². The summed E-state index contributed by atoms with van der Waals surface area (Å²) in [5.74, 6) is 0.489. The van der Waals surface area contributed by atoms with Crippen molar-refractivity contribution in [2.24, 2.45) is 0 Å². The normalized spacial score (nSPS) is 13.1. The third-order valence-electron chi connectivity index (χ3n) is 3.60. The number of fused-ring (bicyclic) bond motifs is 1. The van der Waals surface area contributed by atoms with E-state index in [9.17, 15) is 9.59 Å². The number of halogens is 2. The lowest BCUT2D eigenvalue weighted by molar-refractivity contribution is -0.123. The molecule has 0 fully saturated rings. The predicted molar refractivity (Wildman–Crippen MR) is 101 cm³/mol. The number of hydrogen-bond acceptors (Lipinski definition) is 4. The van der Waals surface area contributed by atoms with E-state index in [1.54, 1.807) is 30.3 Å². The minimum absolute atomic E-state index is 0.100. The molecule has 3 rings (SSSR count). The summed E-state index contributed by atoms with van der Waals surface area (Å²) in [4.78, 5) is 26.0. The van der Waals surface area contributed by atoms with Gasteiger partial charge in [-0.25, -0.2) is 0 Å². The lowest BCUT2D eigenvalue weighted by atomic mass is 10.2. The lowest BCUT2D eigenvalue weighted by Gasteiger charge is -2.29. The van der Waals surface area contributed by atoms with Gasteiger partial charge in [0.15, 0.2) is 6.61 Å². The Morgan fingerprint density at radius 2 is 1.96 bits per heavy atom. The summed E-state index contributed by atoms with van der Waals surface area (Å²) in [5.41, 5.74) is 1.09. The highest BCUT2D eigenvalue weighted by Gasteiger charge is 2.27. The highest BCUT2D eigenvalue weighted by atomic mass is 79.9. The van der Waals surface area contributed by atoms with Crippen molar-refractivity contribution in [3.05, 3.63) is 45.3 Å². The van der Waals surface area contributed by atoms with Gasteiger partial charge in [0, 0.05) is 8.95 Å². The number of methoxy groups -OCH3 is 1. The molecule has 0 unspecified atom stereocenters. The summed E-state index contributed by atoms with van der Waals surface area (Å²) in [7, 11) is 1.53. The Kier molecular flexibility index (Phi) is 5.29. The largest absolute Gasteiger partial charge is 0.495 e. The van der Waals surface area contributed by atoms with Crippen molar-refractivity contribution >= 4 is 55.0 Å². The maximum absolute atomic E-state index is 12.5. The van der Waals surface area contributed by atoms with Crippen molar-refractivity contribution in [2.45, 2.75) is 0 Å². The number of rotatable bonds is 4. The molecule has 25 heavy (non-hydrogen) atoms. The second-order valence-corrected chi connectivity index (χ2v) is 7.10. The summed E-state index contributed by atoms with van der Waals surface area (Å²) >= 11 is 6.72. The SMILES string of the molecule is COc1ccc(Br)cc1NC(=O)CN1C(=O)COc2cc(Br)ccc21. The minimum Gasteiger partial charge on any atom is -0.495 e. The lowest BCUT2D eigenvalue weighted by Crippen LogP contribution is -2.43. The summed E-state index contributed by atoms with van der Waals surface area (Å²) in [6.45, 7) is -0.219. The van der Waals surface area contributed by atoms with Gasteiger partial charge >= 0.3 is 0 Å². The molecular weight excluding hydrogens is 456 g/mol. The minimum atomic E-state index is -0.333. The van der Waals surface area contributed by atoms with Crippen LogP contribution in [0.4, 0.5) is 11.4 Å². The molecular formula is C17H14Br2N2O4. The van der Waals surface area contributed by atoms with Crippen LogP contribution in [0, 0.1) is 0 Å². The predicted octanol–water partition coefficient (Wildman–Crippen LogP) is 3.58. The van der Waals surface area contributed by atoms with Crippen molar-refractivity contribution in [3.8, 4) is 11.5 Å². The zero-order valence-corrected chi connectivity index (χ0v) is 16.4. The van der Waals surface area contributed by atoms with E-state index in [0.717, 1.165) is 8.95 Å². The molecule has 0 spiro atoms. The topological polar surface area (TPSA) is 67.9 Å². The number of amides is 2. The van der Waals surface area contributed by atoms with Crippen LogP contribution in [0.5, 0.6) is 11.5 Å². The quantitative estimate of drug-likeness (QED) is 0.743. The van der Waals surface area contributed by atoms with Gasteiger partial charge in [-0.3, -0.25) is 14.5 Å². The fourth-order valence-corrected chi connectivity index (χ4v) is 3.16. The standard InChI is InChI=1S/C17H14Br2N2O4/c1-24-14-5-3-10(18)6-12(14)20-16(22)8-21-13-4-2-11(19)7-15(13)25-9-17(21)23/h2-7H,8-9H2,1H3,(H,20,22). The molecule has 1 heterocycles. The van der Waals surface area contributed by atoms with E-state index >= 15 is 0 Å². The molecule has 6 nitrogen and oxygen atoms in total. The monoisotopic (exact) mass is 468 g/mol. The number of benzene rings is 2. The Hall–Kier alpha value is -2.06. The van der Waals surface area contributed by atoms with Gasteiger partial charge in [-0.2, -0.15) is 0 Å². The van der Waals surface area contributed by atoms with Crippen molar-refractivity contribution in [3.63, 3.8) is 0 Å². The van der Waals surface area contributed by atoms with Crippen LogP contribution in [-0.2, 0) is 9.59 Å². The molecule has 0 radical (unpaired) electrons. The van der Waals surface area contributed by atoms with Crippen molar-refractivity contribution in [1.82, 2.24) is 0 Å². The van der Waals surface area contributed by atoms with Gasteiger partial charge in [0.05, 0.1) is 18.5 Å². The second-order valence-electron chi connectivity index (χ2n) is 5.27. The smallest absolute Gasteiger partial charge is 0.265 e. The van der Waals surface area contributed by atoms with Crippen LogP contribution in [0.25, 0.3) is 0 Å². The van der Waals surface area contributed by atoms with Crippen LogP contribution < -0.4 is 19.7 Å². The first-order valence-corrected chi connectivity index (χ1v) is 8.92. The zero-order valence-electron chi connectivity index (χ0n) is 13.2. The van der Waals surface area contributed by atoms with E-state index in [-0.39, 0.29) is 25.0 Å². The van der Waals surface area contributed by atoms with Gasteiger partial charge in [-0.05, 0) is 36.4 Å². The average molecular weight is 470 g/mol. The van der Waals surface area contributed by atoms with E-state index in [4.69, 9.17) is 9.47 Å². The summed E-state index contributed by atoms with van der Waals surface area (Å²) in [6, 6.07) is 10.6. The molecule has 8 heteroatoms. The Morgan fingerprint density at radius 1 is 1.24 bits per heavy atom. The molecule has 0 aliphatic carbocycles. The van der Waals surface area contributed by atoms with Crippen LogP contribution in [0.1, 0.15) is 0 Å². The molecule has 0 atom stereocenters.